The van der Waals surface area contributed by atoms with Gasteiger partial charge in [0.2, 0.25) is 5.96 Å². The van der Waals surface area contributed by atoms with Crippen LogP contribution in [-0.4, -0.2) is 40.0 Å². The van der Waals surface area contributed by atoms with Gasteiger partial charge in [-0.15, -0.1) is 0 Å². The lowest BCUT2D eigenvalue weighted by molar-refractivity contribution is 0.0562. The van der Waals surface area contributed by atoms with Crippen molar-refractivity contribution in [2.24, 2.45) is 0 Å². The fourth-order valence-corrected chi connectivity index (χ4v) is 4.67. The molecule has 1 aliphatic rings. The van der Waals surface area contributed by atoms with Crippen LogP contribution in [0.4, 0.5) is 26.8 Å². The van der Waals surface area contributed by atoms with Gasteiger partial charge in [-0.25, -0.2) is 14.3 Å². The first-order chi connectivity index (χ1) is 19.1. The van der Waals surface area contributed by atoms with Crippen molar-refractivity contribution in [1.82, 2.24) is 15.1 Å². The van der Waals surface area contributed by atoms with Crippen molar-refractivity contribution in [1.29, 1.82) is 5.41 Å². The molecule has 4 N–H and O–H groups in total. The molecule has 10 nitrogen and oxygen atoms in total. The molecule has 0 atom stereocenters. The molecule has 0 bridgehead atoms. The van der Waals surface area contributed by atoms with E-state index in [0.717, 1.165) is 35.5 Å². The molecule has 12 heteroatoms. The highest BCUT2D eigenvalue weighted by Crippen LogP contribution is 2.33. The number of aromatic nitrogens is 2. The highest BCUT2D eigenvalue weighted by Gasteiger charge is 2.26. The summed E-state index contributed by atoms with van der Waals surface area (Å²) in [6, 6.07) is 12.1. The third-order valence-electron chi connectivity index (χ3n) is 6.23. The summed E-state index contributed by atoms with van der Waals surface area (Å²) in [5.74, 6) is 0.415. The smallest absolute Gasteiger partial charge is 0.414 e. The van der Waals surface area contributed by atoms with Gasteiger partial charge in [-0.3, -0.25) is 16.0 Å². The van der Waals surface area contributed by atoms with Crippen molar-refractivity contribution in [2.45, 2.75) is 65.4 Å². The third-order valence-corrected chi connectivity index (χ3v) is 7.05. The zero-order valence-electron chi connectivity index (χ0n) is 24.0. The van der Waals surface area contributed by atoms with Gasteiger partial charge in [-0.05, 0) is 69.5 Å². The number of ether oxygens (including phenoxy) is 1. The van der Waals surface area contributed by atoms with Crippen LogP contribution in [0.1, 0.15) is 59.2 Å². The Balaban J connectivity index is 1.61. The maximum atomic E-state index is 13.0. The molecule has 3 aromatic rings. The first-order valence-electron chi connectivity index (χ1n) is 13.2. The number of hydrogen-bond donors (Lipinski definition) is 4. The summed E-state index contributed by atoms with van der Waals surface area (Å²) in [7, 11) is 0. The van der Waals surface area contributed by atoms with E-state index < -0.39 is 17.7 Å². The van der Waals surface area contributed by atoms with E-state index in [-0.39, 0.29) is 16.4 Å². The number of amides is 3. The number of urea groups is 1. The average Bonchev–Trinajstić information content (AvgIpc) is 3.29. The molecule has 0 unspecified atom stereocenters. The van der Waals surface area contributed by atoms with E-state index in [1.165, 1.54) is 0 Å². The molecule has 2 aromatic carbocycles. The molecule has 0 saturated carbocycles. The molecule has 0 fully saturated rings. The highest BCUT2D eigenvalue weighted by atomic mass is 35.5. The molecule has 1 aliphatic heterocycles. The first-order valence-corrected chi connectivity index (χ1v) is 14.0. The molecule has 0 aliphatic carbocycles. The van der Waals surface area contributed by atoms with E-state index in [2.05, 4.69) is 16.0 Å². The van der Waals surface area contributed by atoms with Gasteiger partial charge < -0.3 is 15.0 Å². The van der Waals surface area contributed by atoms with Gasteiger partial charge in [0.05, 0.1) is 27.1 Å². The predicted molar refractivity (Wildman–Crippen MR) is 164 cm³/mol. The number of carbonyl (C=O) groups excluding carboxylic acids is 2. The lowest BCUT2D eigenvalue weighted by Gasteiger charge is -2.32. The number of halogens is 2. The van der Waals surface area contributed by atoms with E-state index in [1.54, 1.807) is 48.6 Å². The fourth-order valence-electron chi connectivity index (χ4n) is 4.32. The van der Waals surface area contributed by atoms with Crippen LogP contribution >= 0.6 is 23.2 Å². The van der Waals surface area contributed by atoms with Crippen LogP contribution in [-0.2, 0) is 16.6 Å². The van der Waals surface area contributed by atoms with Gasteiger partial charge >= 0.3 is 12.1 Å². The number of nitrogens with zero attached hydrogens (tertiary/aromatic N) is 3. The topological polar surface area (TPSA) is 124 Å². The zero-order chi connectivity index (χ0) is 30.1. The minimum absolute atomic E-state index is 0.0549. The standard InChI is InChI=1S/C29H35Cl2N7O3/c1-28(2,3)22-16-23(34-26(39)33-20-11-7-10-19(30)24(20)31)38(36-22)18-12-13-21-17(15-18)9-8-14-37(21)25(32)35-27(40)41-29(4,5)6/h7,10-13,15-16H,8-9,14H2,1-6H3,(H2,32,35,40)(H2,33,34,39). The van der Waals surface area contributed by atoms with Crippen molar-refractivity contribution < 1.29 is 14.3 Å². The van der Waals surface area contributed by atoms with E-state index in [0.29, 0.717) is 23.1 Å². The normalized spacial score (nSPS) is 13.3. The molecule has 41 heavy (non-hydrogen) atoms. The summed E-state index contributed by atoms with van der Waals surface area (Å²) in [6.07, 6.45) is 0.892. The Kier molecular flexibility index (Phi) is 8.56. The Morgan fingerprint density at radius 1 is 1.02 bits per heavy atom. The van der Waals surface area contributed by atoms with Gasteiger partial charge in [0.15, 0.2) is 0 Å². The first kappa shape index (κ1) is 30.2. The summed E-state index contributed by atoms with van der Waals surface area (Å²) in [5.41, 5.74) is 2.76. The SMILES string of the molecule is CC(C)(C)OC(=O)NC(=N)N1CCCc2cc(-n3nc(C(C)(C)C)cc3NC(=O)Nc3cccc(Cl)c3Cl)ccc21. The summed E-state index contributed by atoms with van der Waals surface area (Å²) in [5, 5.41) is 22.1. The quantitative estimate of drug-likeness (QED) is 0.185. The minimum Gasteiger partial charge on any atom is -0.444 e. The van der Waals surface area contributed by atoms with Crippen LogP contribution in [0.3, 0.4) is 0 Å². The number of nitrogens with one attached hydrogen (secondary N) is 4. The van der Waals surface area contributed by atoms with Crippen molar-refractivity contribution in [2.75, 3.05) is 22.1 Å². The minimum atomic E-state index is -0.675. The monoisotopic (exact) mass is 599 g/mol. The zero-order valence-corrected chi connectivity index (χ0v) is 25.5. The van der Waals surface area contributed by atoms with Gasteiger partial charge in [-0.1, -0.05) is 50.0 Å². The number of fused-ring (bicyclic) bond motifs is 1. The van der Waals surface area contributed by atoms with Crippen LogP contribution in [0.2, 0.25) is 10.0 Å². The highest BCUT2D eigenvalue weighted by molar-refractivity contribution is 6.44. The predicted octanol–water partition coefficient (Wildman–Crippen LogP) is 7.33. The second-order valence-electron chi connectivity index (χ2n) is 11.8. The third kappa shape index (κ3) is 7.31. The number of rotatable bonds is 3. The molecule has 2 heterocycles. The van der Waals surface area contributed by atoms with Crippen LogP contribution in [0.25, 0.3) is 5.69 Å². The lowest BCUT2D eigenvalue weighted by Crippen LogP contribution is -2.47. The van der Waals surface area contributed by atoms with Gasteiger partial charge in [0.25, 0.3) is 0 Å². The fraction of sp³-hybridized carbons (Fsp3) is 0.379. The Labute approximate surface area is 249 Å². The van der Waals surface area contributed by atoms with Crippen LogP contribution < -0.4 is 20.9 Å². The van der Waals surface area contributed by atoms with Gasteiger partial charge in [0, 0.05) is 23.7 Å². The maximum absolute atomic E-state index is 13.0. The lowest BCUT2D eigenvalue weighted by atomic mass is 9.92. The van der Waals surface area contributed by atoms with Gasteiger partial charge in [0.1, 0.15) is 11.4 Å². The van der Waals surface area contributed by atoms with Crippen LogP contribution in [0, 0.1) is 5.41 Å². The number of alkyl carbamates (subject to hydrolysis) is 1. The average molecular weight is 601 g/mol. The number of aryl methyl sites for hydroxylation is 1. The number of hydrogen-bond acceptors (Lipinski definition) is 5. The molecule has 1 aromatic heterocycles. The summed E-state index contributed by atoms with van der Waals surface area (Å²) in [6.45, 7) is 12.0. The largest absolute Gasteiger partial charge is 0.444 e. The Bertz CT molecular complexity index is 1490. The molecule has 218 valence electrons. The van der Waals surface area contributed by atoms with Crippen molar-refractivity contribution >= 4 is 58.5 Å². The Morgan fingerprint density at radius 3 is 2.44 bits per heavy atom. The van der Waals surface area contributed by atoms with Crippen LogP contribution in [0.15, 0.2) is 42.5 Å². The molecule has 0 radical (unpaired) electrons. The van der Waals surface area contributed by atoms with E-state index >= 15 is 0 Å². The molecular formula is C29H35Cl2N7O3. The second kappa shape index (κ2) is 11.6. The molecule has 4 rings (SSSR count). The van der Waals surface area contributed by atoms with Crippen molar-refractivity contribution in [3.05, 3.63) is 63.8 Å². The molecule has 0 saturated heterocycles. The van der Waals surface area contributed by atoms with Gasteiger partial charge in [-0.2, -0.15) is 5.10 Å². The summed E-state index contributed by atoms with van der Waals surface area (Å²) < 4.78 is 6.99. The second-order valence-corrected chi connectivity index (χ2v) is 12.6. The van der Waals surface area contributed by atoms with Crippen molar-refractivity contribution in [3.63, 3.8) is 0 Å². The van der Waals surface area contributed by atoms with E-state index in [1.807, 2.05) is 45.0 Å². The number of anilines is 3. The Hall–Kier alpha value is -3.76. The van der Waals surface area contributed by atoms with Crippen LogP contribution in [0.5, 0.6) is 0 Å². The van der Waals surface area contributed by atoms with E-state index in [9.17, 15) is 9.59 Å². The summed E-state index contributed by atoms with van der Waals surface area (Å²) in [4.78, 5) is 27.0. The number of carbonyl (C=O) groups is 2. The maximum Gasteiger partial charge on any atom is 0.414 e. The number of benzene rings is 2. The molecular weight excluding hydrogens is 565 g/mol. The van der Waals surface area contributed by atoms with Crippen molar-refractivity contribution in [3.8, 4) is 5.69 Å². The molecule has 0 spiro atoms. The molecule has 3 amide bonds. The summed E-state index contributed by atoms with van der Waals surface area (Å²) >= 11 is 12.3. The number of guanidine groups is 1. The van der Waals surface area contributed by atoms with E-state index in [4.69, 9.17) is 38.4 Å². The Morgan fingerprint density at radius 2 is 1.76 bits per heavy atom.